The maximum Gasteiger partial charge on any atom is 0.325 e. The van der Waals surface area contributed by atoms with E-state index < -0.39 is 18.0 Å². The molecule has 0 aliphatic heterocycles. The molecule has 1 unspecified atom stereocenters. The van der Waals surface area contributed by atoms with E-state index in [4.69, 9.17) is 0 Å². The molecule has 0 spiro atoms. The molecule has 0 bridgehead atoms. The number of urea groups is 1. The summed E-state index contributed by atoms with van der Waals surface area (Å²) in [7, 11) is 0. The molecule has 7 nitrogen and oxygen atoms in total. The summed E-state index contributed by atoms with van der Waals surface area (Å²) in [6.07, 6.45) is 0. The number of carbonyl (C=O) groups excluding carboxylic acids is 3. The van der Waals surface area contributed by atoms with Crippen molar-refractivity contribution < 1.29 is 14.4 Å². The van der Waals surface area contributed by atoms with Gasteiger partial charge in [-0.1, -0.05) is 24.6 Å². The van der Waals surface area contributed by atoms with E-state index in [1.54, 1.807) is 17.9 Å². The number of rotatable bonds is 7. The number of amides is 4. The maximum atomic E-state index is 12.3. The Balaban J connectivity index is 2.63. The van der Waals surface area contributed by atoms with Crippen LogP contribution in [0.4, 0.5) is 10.5 Å². The third kappa shape index (κ3) is 6.84. The Morgan fingerprint density at radius 3 is 2.31 bits per heavy atom. The van der Waals surface area contributed by atoms with Gasteiger partial charge < -0.3 is 10.6 Å². The molecule has 0 aromatic heterocycles. The highest BCUT2D eigenvalue weighted by molar-refractivity contribution is 6.03. The van der Waals surface area contributed by atoms with Crippen LogP contribution in [0.3, 0.4) is 0 Å². The van der Waals surface area contributed by atoms with Crippen molar-refractivity contribution in [2.75, 3.05) is 18.4 Å². The number of nitrogens with one attached hydrogen (secondary N) is 3. The van der Waals surface area contributed by atoms with Gasteiger partial charge in [-0.05, 0) is 52.8 Å². The van der Waals surface area contributed by atoms with Crippen molar-refractivity contribution in [3.05, 3.63) is 29.3 Å². The molecule has 0 saturated carbocycles. The fraction of sp³-hybridized carbons (Fsp3) is 0.526. The van der Waals surface area contributed by atoms with E-state index in [1.807, 2.05) is 46.8 Å². The summed E-state index contributed by atoms with van der Waals surface area (Å²) in [5.74, 6) is -0.604. The van der Waals surface area contributed by atoms with Gasteiger partial charge in [-0.25, -0.2) is 4.79 Å². The number of aryl methyl sites for hydroxylation is 2. The lowest BCUT2D eigenvalue weighted by Gasteiger charge is -2.26. The Labute approximate surface area is 155 Å². The molecular formula is C19H30N4O3. The van der Waals surface area contributed by atoms with E-state index in [9.17, 15) is 14.4 Å². The van der Waals surface area contributed by atoms with Gasteiger partial charge in [-0.2, -0.15) is 0 Å². The SMILES string of the molecule is CCN(CC(=O)NC(C)C)C(C)C(=O)NC(=O)Nc1ccc(C)cc1C. The highest BCUT2D eigenvalue weighted by Gasteiger charge is 2.24. The zero-order chi connectivity index (χ0) is 19.9. The van der Waals surface area contributed by atoms with E-state index in [0.29, 0.717) is 12.2 Å². The second-order valence-electron chi connectivity index (χ2n) is 6.72. The molecule has 0 fully saturated rings. The first kappa shape index (κ1) is 21.6. The summed E-state index contributed by atoms with van der Waals surface area (Å²) >= 11 is 0. The smallest absolute Gasteiger partial charge is 0.325 e. The van der Waals surface area contributed by atoms with Crippen molar-refractivity contribution >= 4 is 23.5 Å². The van der Waals surface area contributed by atoms with Crippen LogP contribution in [0, 0.1) is 13.8 Å². The molecule has 1 aromatic rings. The van der Waals surface area contributed by atoms with Gasteiger partial charge in [0.05, 0.1) is 12.6 Å². The summed E-state index contributed by atoms with van der Waals surface area (Å²) in [5, 5.41) is 7.81. The first-order valence-electron chi connectivity index (χ1n) is 8.86. The van der Waals surface area contributed by atoms with Crippen molar-refractivity contribution in [2.45, 2.75) is 53.6 Å². The molecule has 0 aliphatic carbocycles. The molecule has 1 rings (SSSR count). The van der Waals surface area contributed by atoms with Crippen LogP contribution in [0.1, 0.15) is 38.8 Å². The number of benzene rings is 1. The number of hydrogen-bond acceptors (Lipinski definition) is 4. The summed E-state index contributed by atoms with van der Waals surface area (Å²) in [6, 6.07) is 4.48. The Kier molecular flexibility index (Phi) is 8.25. The van der Waals surface area contributed by atoms with Gasteiger partial charge in [-0.3, -0.25) is 19.8 Å². The van der Waals surface area contributed by atoms with E-state index in [1.165, 1.54) is 0 Å². The van der Waals surface area contributed by atoms with Crippen LogP contribution in [0.5, 0.6) is 0 Å². The van der Waals surface area contributed by atoms with E-state index in [-0.39, 0.29) is 18.5 Å². The van der Waals surface area contributed by atoms with Crippen LogP contribution in [0.25, 0.3) is 0 Å². The number of hydrogen-bond donors (Lipinski definition) is 3. The lowest BCUT2D eigenvalue weighted by molar-refractivity contribution is -0.127. The van der Waals surface area contributed by atoms with Gasteiger partial charge in [-0.15, -0.1) is 0 Å². The number of imide groups is 1. The van der Waals surface area contributed by atoms with Crippen LogP contribution in [-0.2, 0) is 9.59 Å². The topological polar surface area (TPSA) is 90.5 Å². The highest BCUT2D eigenvalue weighted by atomic mass is 16.2. The lowest BCUT2D eigenvalue weighted by atomic mass is 10.1. The largest absolute Gasteiger partial charge is 0.353 e. The van der Waals surface area contributed by atoms with Crippen molar-refractivity contribution in [1.82, 2.24) is 15.5 Å². The van der Waals surface area contributed by atoms with Crippen molar-refractivity contribution in [2.24, 2.45) is 0 Å². The van der Waals surface area contributed by atoms with Gasteiger partial charge >= 0.3 is 6.03 Å². The predicted molar refractivity (Wildman–Crippen MR) is 103 cm³/mol. The zero-order valence-corrected chi connectivity index (χ0v) is 16.5. The molecule has 0 aliphatic rings. The van der Waals surface area contributed by atoms with E-state index >= 15 is 0 Å². The highest BCUT2D eigenvalue weighted by Crippen LogP contribution is 2.15. The van der Waals surface area contributed by atoms with Gasteiger partial charge in [0.25, 0.3) is 0 Å². The quantitative estimate of drug-likeness (QED) is 0.693. The molecule has 144 valence electrons. The summed E-state index contributed by atoms with van der Waals surface area (Å²) in [5.41, 5.74) is 2.66. The Hall–Kier alpha value is -2.41. The van der Waals surface area contributed by atoms with Crippen LogP contribution in [-0.4, -0.2) is 47.9 Å². The van der Waals surface area contributed by atoms with Crippen LogP contribution in [0.15, 0.2) is 18.2 Å². The minimum Gasteiger partial charge on any atom is -0.353 e. The molecule has 0 radical (unpaired) electrons. The van der Waals surface area contributed by atoms with Crippen LogP contribution >= 0.6 is 0 Å². The average molecular weight is 362 g/mol. The predicted octanol–water partition coefficient (Wildman–Crippen LogP) is 2.19. The molecule has 1 atom stereocenters. The van der Waals surface area contributed by atoms with Crippen molar-refractivity contribution in [1.29, 1.82) is 0 Å². The maximum absolute atomic E-state index is 12.3. The summed E-state index contributed by atoms with van der Waals surface area (Å²) < 4.78 is 0. The molecule has 0 saturated heterocycles. The third-order valence-electron chi connectivity index (χ3n) is 4.00. The molecule has 26 heavy (non-hydrogen) atoms. The number of nitrogens with zero attached hydrogens (tertiary/aromatic N) is 1. The minimum atomic E-state index is -0.609. The van der Waals surface area contributed by atoms with Gasteiger partial charge in [0.1, 0.15) is 0 Å². The zero-order valence-electron chi connectivity index (χ0n) is 16.5. The molecule has 3 N–H and O–H groups in total. The minimum absolute atomic E-state index is 0.0360. The van der Waals surface area contributed by atoms with Gasteiger partial charge in [0, 0.05) is 11.7 Å². The lowest BCUT2D eigenvalue weighted by Crippen LogP contribution is -2.51. The van der Waals surface area contributed by atoms with Crippen molar-refractivity contribution in [3.8, 4) is 0 Å². The Bertz CT molecular complexity index is 658. The van der Waals surface area contributed by atoms with Gasteiger partial charge in [0.2, 0.25) is 11.8 Å². The fourth-order valence-electron chi connectivity index (χ4n) is 2.56. The van der Waals surface area contributed by atoms with Crippen LogP contribution in [0.2, 0.25) is 0 Å². The first-order chi connectivity index (χ1) is 12.1. The fourth-order valence-corrected chi connectivity index (χ4v) is 2.56. The third-order valence-corrected chi connectivity index (χ3v) is 4.00. The van der Waals surface area contributed by atoms with E-state index in [2.05, 4.69) is 16.0 Å². The number of carbonyl (C=O) groups is 3. The summed E-state index contributed by atoms with van der Waals surface area (Å²) in [6.45, 7) is 11.8. The molecule has 7 heteroatoms. The number of likely N-dealkylation sites (N-methyl/N-ethyl adjacent to an activating group) is 1. The Morgan fingerprint density at radius 1 is 1.12 bits per heavy atom. The van der Waals surface area contributed by atoms with Crippen LogP contribution < -0.4 is 16.0 Å². The Morgan fingerprint density at radius 2 is 1.77 bits per heavy atom. The molecule has 4 amide bonds. The standard InChI is InChI=1S/C19H30N4O3/c1-7-23(11-17(24)20-12(2)3)15(6)18(25)22-19(26)21-16-9-8-13(4)10-14(16)5/h8-10,12,15H,7,11H2,1-6H3,(H,20,24)(H2,21,22,25,26). The van der Waals surface area contributed by atoms with Gasteiger partial charge in [0.15, 0.2) is 0 Å². The normalized spacial score (nSPS) is 12.0. The molecule has 0 heterocycles. The summed E-state index contributed by atoms with van der Waals surface area (Å²) in [4.78, 5) is 38.1. The monoisotopic (exact) mass is 362 g/mol. The second-order valence-corrected chi connectivity index (χ2v) is 6.72. The second kappa shape index (κ2) is 9.91. The van der Waals surface area contributed by atoms with Crippen molar-refractivity contribution in [3.63, 3.8) is 0 Å². The molecule has 1 aromatic carbocycles. The van der Waals surface area contributed by atoms with E-state index in [0.717, 1.165) is 11.1 Å². The first-order valence-corrected chi connectivity index (χ1v) is 8.86. The average Bonchev–Trinajstić information content (AvgIpc) is 2.53. The number of anilines is 1. The molecular weight excluding hydrogens is 332 g/mol.